The number of hydrogen-bond donors (Lipinski definition) is 3. The second-order valence-corrected chi connectivity index (χ2v) is 24.6. The van der Waals surface area contributed by atoms with E-state index in [0.29, 0.717) is 19.4 Å². The van der Waals surface area contributed by atoms with E-state index >= 15 is 0 Å². The molecule has 6 nitrogen and oxygen atoms in total. The predicted octanol–water partition coefficient (Wildman–Crippen LogP) is 23.1. The summed E-state index contributed by atoms with van der Waals surface area (Å²) in [4.78, 5) is 24.6. The number of carbonyl (C=O) groups is 2. The number of ether oxygens (including phenoxy) is 1. The minimum atomic E-state index is -0.842. The molecule has 0 saturated carbocycles. The lowest BCUT2D eigenvalue weighted by molar-refractivity contribution is -0.143. The summed E-state index contributed by atoms with van der Waals surface area (Å²) in [5.41, 5.74) is 0. The highest BCUT2D eigenvalue weighted by molar-refractivity contribution is 5.76. The van der Waals surface area contributed by atoms with Crippen molar-refractivity contribution in [2.45, 2.75) is 405 Å². The van der Waals surface area contributed by atoms with E-state index in [9.17, 15) is 19.8 Å². The van der Waals surface area contributed by atoms with Crippen LogP contribution in [0.4, 0.5) is 0 Å². The van der Waals surface area contributed by atoms with Crippen molar-refractivity contribution in [1.82, 2.24) is 5.32 Å². The van der Waals surface area contributed by atoms with E-state index < -0.39 is 12.1 Å². The Morgan fingerprint density at radius 1 is 0.342 bits per heavy atom. The van der Waals surface area contributed by atoms with Crippen molar-refractivity contribution >= 4 is 11.9 Å². The number of nitrogens with one attached hydrogen (secondary N) is 1. The molecule has 0 fully saturated rings. The summed E-state index contributed by atoms with van der Waals surface area (Å²) in [6.07, 6.45) is 88.1. The van der Waals surface area contributed by atoms with E-state index in [2.05, 4.69) is 43.5 Å². The lowest BCUT2D eigenvalue weighted by atomic mass is 10.0. The molecule has 466 valence electrons. The summed E-state index contributed by atoms with van der Waals surface area (Å²) >= 11 is 0. The van der Waals surface area contributed by atoms with Gasteiger partial charge in [0.1, 0.15) is 0 Å². The van der Waals surface area contributed by atoms with Gasteiger partial charge in [0.05, 0.1) is 25.4 Å². The van der Waals surface area contributed by atoms with Gasteiger partial charge >= 0.3 is 5.97 Å². The number of rotatable bonds is 67. The van der Waals surface area contributed by atoms with E-state index in [1.165, 1.54) is 321 Å². The minimum absolute atomic E-state index is 0.0150. The number of unbranched alkanes of at least 4 members (excludes halogenated alkanes) is 52. The third-order valence-electron chi connectivity index (χ3n) is 16.6. The molecule has 0 heterocycles. The van der Waals surface area contributed by atoms with Gasteiger partial charge in [0.25, 0.3) is 0 Å². The zero-order valence-electron chi connectivity index (χ0n) is 53.4. The molecule has 0 radical (unpaired) electrons. The number of esters is 1. The van der Waals surface area contributed by atoms with Crippen LogP contribution in [0.5, 0.6) is 0 Å². The van der Waals surface area contributed by atoms with Gasteiger partial charge in [0, 0.05) is 12.8 Å². The van der Waals surface area contributed by atoms with Crippen molar-refractivity contribution in [3.05, 3.63) is 36.5 Å². The first-order valence-electron chi connectivity index (χ1n) is 35.8. The van der Waals surface area contributed by atoms with Crippen molar-refractivity contribution in [3.8, 4) is 0 Å². The lowest BCUT2D eigenvalue weighted by Gasteiger charge is -2.20. The highest BCUT2D eigenvalue weighted by Gasteiger charge is 2.18. The maximum atomic E-state index is 12.5. The second kappa shape index (κ2) is 68.6. The first-order valence-corrected chi connectivity index (χ1v) is 35.8. The van der Waals surface area contributed by atoms with Crippen LogP contribution in [0, 0.1) is 0 Å². The minimum Gasteiger partial charge on any atom is -0.466 e. The average Bonchev–Trinajstić information content (AvgIpc) is 3.45. The first kappa shape index (κ1) is 77.1. The van der Waals surface area contributed by atoms with Crippen LogP contribution in [0.3, 0.4) is 0 Å². The van der Waals surface area contributed by atoms with Gasteiger partial charge in [-0.2, -0.15) is 0 Å². The van der Waals surface area contributed by atoms with Crippen LogP contribution >= 0.6 is 0 Å². The number of aliphatic hydroxyl groups is 2. The van der Waals surface area contributed by atoms with Gasteiger partial charge in [-0.25, -0.2) is 0 Å². The molecular formula is C73H139NO5. The van der Waals surface area contributed by atoms with Gasteiger partial charge in [-0.1, -0.05) is 333 Å². The van der Waals surface area contributed by atoms with Crippen LogP contribution in [0.25, 0.3) is 0 Å². The Morgan fingerprint density at radius 2 is 0.595 bits per heavy atom. The van der Waals surface area contributed by atoms with Crippen LogP contribution in [-0.4, -0.2) is 47.4 Å². The predicted molar refractivity (Wildman–Crippen MR) is 347 cm³/mol. The Labute approximate surface area is 494 Å². The highest BCUT2D eigenvalue weighted by Crippen LogP contribution is 2.18. The monoisotopic (exact) mass is 1110 g/mol. The molecule has 2 atom stereocenters. The van der Waals surface area contributed by atoms with Crippen LogP contribution in [0.2, 0.25) is 0 Å². The Hall–Kier alpha value is -1.92. The summed E-state index contributed by atoms with van der Waals surface area (Å²) < 4.78 is 5.50. The van der Waals surface area contributed by atoms with Gasteiger partial charge in [0.15, 0.2) is 0 Å². The van der Waals surface area contributed by atoms with Gasteiger partial charge < -0.3 is 20.3 Å². The first-order chi connectivity index (χ1) is 39.0. The Balaban J connectivity index is 3.35. The van der Waals surface area contributed by atoms with E-state index in [-0.39, 0.29) is 18.5 Å². The number of aliphatic hydroxyl groups excluding tert-OH is 2. The molecule has 0 aliphatic carbocycles. The maximum absolute atomic E-state index is 12.5. The summed E-state index contributed by atoms with van der Waals surface area (Å²) in [6.45, 7) is 4.92. The fourth-order valence-corrected chi connectivity index (χ4v) is 11.2. The summed E-state index contributed by atoms with van der Waals surface area (Å²) in [6, 6.07) is -0.625. The van der Waals surface area contributed by atoms with E-state index in [4.69, 9.17) is 4.74 Å². The number of hydrogen-bond acceptors (Lipinski definition) is 5. The molecule has 3 N–H and O–H groups in total. The van der Waals surface area contributed by atoms with Crippen molar-refractivity contribution < 1.29 is 24.5 Å². The van der Waals surface area contributed by atoms with Crippen LogP contribution in [0.1, 0.15) is 393 Å². The number of amides is 1. The quantitative estimate of drug-likeness (QED) is 0.0320. The zero-order chi connectivity index (χ0) is 57.1. The van der Waals surface area contributed by atoms with E-state index in [1.54, 1.807) is 6.08 Å². The lowest BCUT2D eigenvalue weighted by Crippen LogP contribution is -2.45. The maximum Gasteiger partial charge on any atom is 0.305 e. The van der Waals surface area contributed by atoms with Gasteiger partial charge in [-0.05, 0) is 83.5 Å². The number of carbonyl (C=O) groups excluding carboxylic acids is 2. The molecule has 0 aliphatic heterocycles. The third-order valence-corrected chi connectivity index (χ3v) is 16.6. The molecule has 0 aliphatic rings. The van der Waals surface area contributed by atoms with Crippen molar-refractivity contribution in [2.24, 2.45) is 0 Å². The molecule has 0 aromatic carbocycles. The molecule has 0 aromatic rings. The topological polar surface area (TPSA) is 95.9 Å². The zero-order valence-corrected chi connectivity index (χ0v) is 53.4. The number of allylic oxidation sites excluding steroid dienone is 5. The summed E-state index contributed by atoms with van der Waals surface area (Å²) in [7, 11) is 0. The smallest absolute Gasteiger partial charge is 0.305 e. The Morgan fingerprint density at radius 3 is 0.899 bits per heavy atom. The molecule has 0 rings (SSSR count). The Kier molecular flexibility index (Phi) is 66.9. The normalized spacial score (nSPS) is 12.7. The SMILES string of the molecule is CCCCCCCC/C=C\CCCCCCCCCC(=O)OCCCCCCCCCCCCCC/C=C\CCCCCCCCCCCCCCCCCCC(=O)NC(CO)C(O)/C=C/CCCCCCCCCCCCC. The van der Waals surface area contributed by atoms with E-state index in [0.717, 1.165) is 44.9 Å². The molecule has 0 spiro atoms. The summed E-state index contributed by atoms with van der Waals surface area (Å²) in [5, 5.41) is 23.1. The fourth-order valence-electron chi connectivity index (χ4n) is 11.2. The largest absolute Gasteiger partial charge is 0.466 e. The van der Waals surface area contributed by atoms with Crippen LogP contribution in [-0.2, 0) is 14.3 Å². The molecule has 0 bridgehead atoms. The van der Waals surface area contributed by atoms with Gasteiger partial charge in [-0.3, -0.25) is 9.59 Å². The molecule has 79 heavy (non-hydrogen) atoms. The van der Waals surface area contributed by atoms with E-state index in [1.807, 2.05) is 6.08 Å². The molecule has 1 amide bonds. The third kappa shape index (κ3) is 65.1. The van der Waals surface area contributed by atoms with Crippen molar-refractivity contribution in [2.75, 3.05) is 13.2 Å². The van der Waals surface area contributed by atoms with Crippen molar-refractivity contribution in [3.63, 3.8) is 0 Å². The molecular weight excluding hydrogens is 971 g/mol. The fraction of sp³-hybridized carbons (Fsp3) is 0.890. The summed E-state index contributed by atoms with van der Waals surface area (Å²) in [5.74, 6) is -0.0492. The van der Waals surface area contributed by atoms with Gasteiger partial charge in [-0.15, -0.1) is 0 Å². The molecule has 0 aromatic heterocycles. The molecule has 0 saturated heterocycles. The average molecular weight is 1110 g/mol. The molecule has 2 unspecified atom stereocenters. The second-order valence-electron chi connectivity index (χ2n) is 24.6. The van der Waals surface area contributed by atoms with Gasteiger partial charge in [0.2, 0.25) is 5.91 Å². The van der Waals surface area contributed by atoms with Crippen LogP contribution in [0.15, 0.2) is 36.5 Å². The molecule has 6 heteroatoms. The highest BCUT2D eigenvalue weighted by atomic mass is 16.5. The standard InChI is InChI=1S/C73H139NO5/c1-3-5-7-9-11-13-15-17-18-35-39-43-47-51-55-59-63-67-73(78)79-68-64-60-56-52-48-44-40-37-34-32-30-28-26-24-22-20-19-21-23-25-27-29-31-33-36-38-42-46-50-54-58-62-66-72(77)74-70(69-75)71(76)65-61-57-53-49-45-41-16-14-12-10-8-6-4-2/h17-18,22,24,61,65,70-71,75-76H,3-16,19-21,23,25-60,62-64,66-69H2,1-2H3,(H,74,77)/b18-17-,24-22-,65-61+. The van der Waals surface area contributed by atoms with Crippen LogP contribution < -0.4 is 5.32 Å². The van der Waals surface area contributed by atoms with Crippen molar-refractivity contribution in [1.29, 1.82) is 0 Å². The Bertz CT molecular complexity index is 1280.